The van der Waals surface area contributed by atoms with E-state index in [-0.39, 0.29) is 11.9 Å². The SMILES string of the molecule is Cc1cc(N2CCC(n3cc(C4CCNCC4)nn3)C2=O)n(C)n1. The molecule has 0 bridgehead atoms. The Bertz CT molecular complexity index is 743. The molecule has 2 aliphatic rings. The summed E-state index contributed by atoms with van der Waals surface area (Å²) >= 11 is 0. The smallest absolute Gasteiger partial charge is 0.253 e. The van der Waals surface area contributed by atoms with E-state index in [1.807, 2.05) is 26.2 Å². The first-order chi connectivity index (χ1) is 11.6. The molecule has 0 aromatic carbocycles. The van der Waals surface area contributed by atoms with Crippen LogP contribution in [0.2, 0.25) is 0 Å². The first kappa shape index (κ1) is 15.3. The molecule has 1 amide bonds. The highest BCUT2D eigenvalue weighted by Gasteiger charge is 2.36. The molecule has 128 valence electrons. The van der Waals surface area contributed by atoms with E-state index in [0.29, 0.717) is 12.5 Å². The molecule has 2 aromatic rings. The van der Waals surface area contributed by atoms with Crippen molar-refractivity contribution in [1.29, 1.82) is 0 Å². The molecule has 4 rings (SSSR count). The molecule has 1 atom stereocenters. The molecule has 2 aromatic heterocycles. The van der Waals surface area contributed by atoms with Gasteiger partial charge in [0.2, 0.25) is 0 Å². The molecular formula is C16H23N7O. The lowest BCUT2D eigenvalue weighted by atomic mass is 9.95. The third-order valence-electron chi connectivity index (χ3n) is 5.04. The lowest BCUT2D eigenvalue weighted by Gasteiger charge is -2.20. The van der Waals surface area contributed by atoms with E-state index in [1.54, 1.807) is 14.3 Å². The zero-order valence-corrected chi connectivity index (χ0v) is 14.1. The predicted octanol–water partition coefficient (Wildman–Crippen LogP) is 0.765. The van der Waals surface area contributed by atoms with Gasteiger partial charge in [-0.25, -0.2) is 4.68 Å². The van der Waals surface area contributed by atoms with Crippen molar-refractivity contribution in [1.82, 2.24) is 30.1 Å². The van der Waals surface area contributed by atoms with Gasteiger partial charge in [0.1, 0.15) is 11.9 Å². The summed E-state index contributed by atoms with van der Waals surface area (Å²) in [7, 11) is 1.87. The average Bonchev–Trinajstić information content (AvgIpc) is 3.27. The van der Waals surface area contributed by atoms with Crippen LogP contribution in [-0.2, 0) is 11.8 Å². The fraction of sp³-hybridized carbons (Fsp3) is 0.625. The van der Waals surface area contributed by atoms with Crippen molar-refractivity contribution in [2.45, 2.75) is 38.1 Å². The van der Waals surface area contributed by atoms with Crippen molar-refractivity contribution in [3.63, 3.8) is 0 Å². The molecule has 0 saturated carbocycles. The number of hydrogen-bond donors (Lipinski definition) is 1. The highest BCUT2D eigenvalue weighted by Crippen LogP contribution is 2.29. The van der Waals surface area contributed by atoms with Crippen LogP contribution < -0.4 is 10.2 Å². The van der Waals surface area contributed by atoms with Crippen molar-refractivity contribution < 1.29 is 4.79 Å². The van der Waals surface area contributed by atoms with Crippen molar-refractivity contribution >= 4 is 11.7 Å². The van der Waals surface area contributed by atoms with Gasteiger partial charge >= 0.3 is 0 Å². The lowest BCUT2D eigenvalue weighted by molar-refractivity contribution is -0.120. The van der Waals surface area contributed by atoms with E-state index < -0.39 is 0 Å². The summed E-state index contributed by atoms with van der Waals surface area (Å²) in [6.07, 6.45) is 4.88. The van der Waals surface area contributed by atoms with E-state index in [2.05, 4.69) is 20.7 Å². The van der Waals surface area contributed by atoms with Gasteiger partial charge in [-0.3, -0.25) is 14.4 Å². The van der Waals surface area contributed by atoms with E-state index in [1.165, 1.54) is 0 Å². The van der Waals surface area contributed by atoms with E-state index in [4.69, 9.17) is 0 Å². The maximum atomic E-state index is 12.8. The van der Waals surface area contributed by atoms with Crippen LogP contribution in [-0.4, -0.2) is 50.3 Å². The molecule has 0 aliphatic carbocycles. The number of carbonyl (C=O) groups is 1. The average molecular weight is 329 g/mol. The fourth-order valence-electron chi connectivity index (χ4n) is 3.73. The Balaban J connectivity index is 1.52. The van der Waals surface area contributed by atoms with Crippen molar-refractivity contribution in [3.8, 4) is 0 Å². The number of amides is 1. The largest absolute Gasteiger partial charge is 0.317 e. The van der Waals surface area contributed by atoms with Crippen LogP contribution in [0.25, 0.3) is 0 Å². The van der Waals surface area contributed by atoms with Crippen LogP contribution in [0.1, 0.15) is 42.6 Å². The number of aromatic nitrogens is 5. The second-order valence-electron chi connectivity index (χ2n) is 6.71. The summed E-state index contributed by atoms with van der Waals surface area (Å²) < 4.78 is 3.51. The number of rotatable bonds is 3. The van der Waals surface area contributed by atoms with Crippen LogP contribution in [0.15, 0.2) is 12.3 Å². The van der Waals surface area contributed by atoms with Gasteiger partial charge in [-0.1, -0.05) is 5.21 Å². The quantitative estimate of drug-likeness (QED) is 0.899. The fourth-order valence-corrected chi connectivity index (χ4v) is 3.73. The first-order valence-electron chi connectivity index (χ1n) is 8.58. The van der Waals surface area contributed by atoms with Gasteiger partial charge in [-0.15, -0.1) is 5.10 Å². The number of nitrogens with one attached hydrogen (secondary N) is 1. The van der Waals surface area contributed by atoms with Gasteiger partial charge in [-0.05, 0) is 39.3 Å². The van der Waals surface area contributed by atoms with E-state index in [0.717, 1.165) is 49.6 Å². The second-order valence-corrected chi connectivity index (χ2v) is 6.71. The number of carbonyl (C=O) groups excluding carboxylic acids is 1. The van der Waals surface area contributed by atoms with E-state index in [9.17, 15) is 4.79 Å². The summed E-state index contributed by atoms with van der Waals surface area (Å²) in [6.45, 7) is 4.66. The Hall–Kier alpha value is -2.22. The Kier molecular flexibility index (Phi) is 3.84. The van der Waals surface area contributed by atoms with Gasteiger partial charge in [0.15, 0.2) is 0 Å². The van der Waals surface area contributed by atoms with Gasteiger partial charge in [0, 0.05) is 31.8 Å². The number of aryl methyl sites for hydroxylation is 2. The minimum atomic E-state index is -0.261. The molecule has 1 unspecified atom stereocenters. The minimum absolute atomic E-state index is 0.0692. The third kappa shape index (κ3) is 2.60. The van der Waals surface area contributed by atoms with Crippen LogP contribution in [0.3, 0.4) is 0 Å². The predicted molar refractivity (Wildman–Crippen MR) is 88.8 cm³/mol. The summed E-state index contributed by atoms with van der Waals surface area (Å²) in [5, 5.41) is 16.3. The monoisotopic (exact) mass is 329 g/mol. The molecule has 0 radical (unpaired) electrons. The highest BCUT2D eigenvalue weighted by molar-refractivity contribution is 5.97. The zero-order chi connectivity index (χ0) is 16.7. The topological polar surface area (TPSA) is 80.9 Å². The molecule has 2 saturated heterocycles. The van der Waals surface area contributed by atoms with Crippen LogP contribution in [0, 0.1) is 6.92 Å². The molecule has 0 spiro atoms. The normalized spacial score (nSPS) is 22.5. The van der Waals surface area contributed by atoms with Crippen LogP contribution in [0.5, 0.6) is 0 Å². The van der Waals surface area contributed by atoms with Crippen molar-refractivity contribution in [3.05, 3.63) is 23.7 Å². The maximum Gasteiger partial charge on any atom is 0.253 e. The number of anilines is 1. The number of nitrogens with zero attached hydrogens (tertiary/aromatic N) is 6. The first-order valence-corrected chi connectivity index (χ1v) is 8.58. The van der Waals surface area contributed by atoms with Crippen LogP contribution >= 0.6 is 0 Å². The van der Waals surface area contributed by atoms with Gasteiger partial charge in [0.05, 0.1) is 11.4 Å². The Labute approximate surface area is 140 Å². The van der Waals surface area contributed by atoms with Crippen molar-refractivity contribution in [2.75, 3.05) is 24.5 Å². The molecule has 8 nitrogen and oxygen atoms in total. The molecule has 24 heavy (non-hydrogen) atoms. The lowest BCUT2D eigenvalue weighted by Crippen LogP contribution is -2.30. The maximum absolute atomic E-state index is 12.8. The summed E-state index contributed by atoms with van der Waals surface area (Å²) in [5.74, 6) is 1.37. The van der Waals surface area contributed by atoms with Gasteiger partial charge in [0.25, 0.3) is 5.91 Å². The third-order valence-corrected chi connectivity index (χ3v) is 5.04. The zero-order valence-electron chi connectivity index (χ0n) is 14.1. The molecule has 1 N–H and O–H groups in total. The Morgan fingerprint density at radius 1 is 1.25 bits per heavy atom. The number of hydrogen-bond acceptors (Lipinski definition) is 5. The van der Waals surface area contributed by atoms with Crippen molar-refractivity contribution in [2.24, 2.45) is 7.05 Å². The number of piperidine rings is 1. The molecule has 4 heterocycles. The van der Waals surface area contributed by atoms with Crippen LogP contribution in [0.4, 0.5) is 5.82 Å². The molecule has 2 aliphatic heterocycles. The standard InChI is InChI=1S/C16H23N7O/c1-11-9-15(21(2)19-11)22-8-5-14(16(22)24)23-10-13(18-20-23)12-3-6-17-7-4-12/h9-10,12,14,17H,3-8H2,1-2H3. The van der Waals surface area contributed by atoms with E-state index >= 15 is 0 Å². The molecule has 2 fully saturated rings. The second kappa shape index (κ2) is 6.01. The van der Waals surface area contributed by atoms with Gasteiger partial charge in [-0.2, -0.15) is 5.10 Å². The summed E-state index contributed by atoms with van der Waals surface area (Å²) in [4.78, 5) is 14.6. The summed E-state index contributed by atoms with van der Waals surface area (Å²) in [6, 6.07) is 1.69. The molecular weight excluding hydrogens is 306 g/mol. The molecule has 8 heteroatoms. The Morgan fingerprint density at radius 2 is 2.04 bits per heavy atom. The Morgan fingerprint density at radius 3 is 2.75 bits per heavy atom. The van der Waals surface area contributed by atoms with Gasteiger partial charge < -0.3 is 5.32 Å². The minimum Gasteiger partial charge on any atom is -0.317 e. The highest BCUT2D eigenvalue weighted by atomic mass is 16.2. The summed E-state index contributed by atoms with van der Waals surface area (Å²) in [5.41, 5.74) is 1.93.